The molecule has 0 unspecified atom stereocenters. The minimum absolute atomic E-state index is 0.0188. The normalized spacial score (nSPS) is 13.0. The molecular weight excluding hydrogens is 348 g/mol. The van der Waals surface area contributed by atoms with Gasteiger partial charge in [0.15, 0.2) is 5.78 Å². The fourth-order valence-electron chi connectivity index (χ4n) is 3.21. The van der Waals surface area contributed by atoms with Crippen LogP contribution in [0.1, 0.15) is 63.6 Å². The van der Waals surface area contributed by atoms with Crippen molar-refractivity contribution in [2.45, 2.75) is 26.2 Å². The third-order valence-corrected chi connectivity index (χ3v) is 4.58. The molecule has 2 aromatic carbocycles. The van der Waals surface area contributed by atoms with Crippen LogP contribution in [0, 0.1) is 0 Å². The number of benzene rings is 2. The van der Waals surface area contributed by atoms with Crippen molar-refractivity contribution in [1.29, 1.82) is 0 Å². The molecule has 3 N–H and O–H groups in total. The molecule has 1 aliphatic rings. The monoisotopic (exact) mass is 368 g/mol. The number of methoxy groups -OCH3 is 1. The summed E-state index contributed by atoms with van der Waals surface area (Å²) in [5, 5.41) is 30.7. The number of carbonyl (C=O) groups is 2. The topological polar surface area (TPSA) is 104 Å². The van der Waals surface area contributed by atoms with Gasteiger partial charge in [0.25, 0.3) is 0 Å². The molecule has 1 aliphatic carbocycles. The maximum atomic E-state index is 13.0. The molecule has 0 radical (unpaired) electrons. The first-order chi connectivity index (χ1) is 12.9. The first-order valence-corrected chi connectivity index (χ1v) is 8.66. The number of carbonyl (C=O) groups excluding carboxylic acids is 2. The Morgan fingerprint density at radius 3 is 2.37 bits per heavy atom. The molecule has 0 atom stereocenters. The van der Waals surface area contributed by atoms with Crippen molar-refractivity contribution in [3.05, 3.63) is 52.1 Å². The zero-order valence-corrected chi connectivity index (χ0v) is 15.1. The minimum Gasteiger partial charge on any atom is -0.508 e. The number of fused-ring (bicyclic) bond motifs is 2. The fraction of sp³-hybridized carbons (Fsp3) is 0.238. The Balaban J connectivity index is 2.19. The lowest BCUT2D eigenvalue weighted by atomic mass is 9.81. The van der Waals surface area contributed by atoms with Crippen molar-refractivity contribution in [3.8, 4) is 23.0 Å². The van der Waals surface area contributed by atoms with Crippen molar-refractivity contribution < 1.29 is 29.6 Å². The summed E-state index contributed by atoms with van der Waals surface area (Å²) in [7, 11) is 1.32. The van der Waals surface area contributed by atoms with Gasteiger partial charge in [-0.25, -0.2) is 0 Å². The van der Waals surface area contributed by atoms with E-state index in [2.05, 4.69) is 6.92 Å². The number of hydrogen-bond acceptors (Lipinski definition) is 6. The molecule has 0 saturated carbocycles. The van der Waals surface area contributed by atoms with Crippen LogP contribution in [-0.2, 0) is 0 Å². The summed E-state index contributed by atoms with van der Waals surface area (Å²) < 4.78 is 5.13. The van der Waals surface area contributed by atoms with Gasteiger partial charge in [0.05, 0.1) is 23.8 Å². The van der Waals surface area contributed by atoms with Gasteiger partial charge < -0.3 is 20.1 Å². The van der Waals surface area contributed by atoms with Crippen LogP contribution in [0.5, 0.6) is 23.0 Å². The number of rotatable bonds is 5. The highest BCUT2D eigenvalue weighted by Crippen LogP contribution is 2.43. The van der Waals surface area contributed by atoms with E-state index >= 15 is 0 Å². The number of aromatic hydroxyl groups is 3. The van der Waals surface area contributed by atoms with Gasteiger partial charge in [-0.2, -0.15) is 0 Å². The zero-order chi connectivity index (χ0) is 19.7. The Kier molecular flexibility index (Phi) is 4.90. The van der Waals surface area contributed by atoms with E-state index in [1.165, 1.54) is 25.3 Å². The molecule has 0 heterocycles. The summed E-state index contributed by atoms with van der Waals surface area (Å²) in [4.78, 5) is 25.9. The van der Waals surface area contributed by atoms with Crippen LogP contribution in [-0.4, -0.2) is 34.0 Å². The summed E-state index contributed by atoms with van der Waals surface area (Å²) in [5.41, 5.74) is -0.249. The van der Waals surface area contributed by atoms with Gasteiger partial charge in [0.2, 0.25) is 5.78 Å². The third kappa shape index (κ3) is 3.03. The molecule has 0 saturated heterocycles. The van der Waals surface area contributed by atoms with Crippen molar-refractivity contribution in [2.24, 2.45) is 0 Å². The van der Waals surface area contributed by atoms with Gasteiger partial charge in [-0.1, -0.05) is 31.9 Å². The van der Waals surface area contributed by atoms with E-state index in [1.807, 2.05) is 0 Å². The summed E-state index contributed by atoms with van der Waals surface area (Å²) >= 11 is 0. The third-order valence-electron chi connectivity index (χ3n) is 4.58. The molecule has 6 nitrogen and oxygen atoms in total. The number of hydrogen-bond donors (Lipinski definition) is 3. The maximum Gasteiger partial charge on any atom is 0.202 e. The average Bonchev–Trinajstić information content (AvgIpc) is 2.64. The van der Waals surface area contributed by atoms with E-state index in [0.29, 0.717) is 0 Å². The fourth-order valence-corrected chi connectivity index (χ4v) is 3.21. The Labute approximate surface area is 156 Å². The highest BCUT2D eigenvalue weighted by atomic mass is 16.5. The maximum absolute atomic E-state index is 13.0. The molecule has 2 aromatic rings. The highest BCUT2D eigenvalue weighted by molar-refractivity contribution is 6.30. The van der Waals surface area contributed by atoms with Crippen molar-refractivity contribution in [3.63, 3.8) is 0 Å². The Morgan fingerprint density at radius 1 is 1.00 bits per heavy atom. The summed E-state index contributed by atoms with van der Waals surface area (Å²) in [6.45, 7) is 2.05. The molecule has 0 aliphatic heterocycles. The molecular formula is C21H20O6. The molecule has 0 aromatic heterocycles. The van der Waals surface area contributed by atoms with Gasteiger partial charge >= 0.3 is 0 Å². The van der Waals surface area contributed by atoms with E-state index in [0.717, 1.165) is 19.3 Å². The average molecular weight is 368 g/mol. The Morgan fingerprint density at radius 2 is 1.70 bits per heavy atom. The second kappa shape index (κ2) is 7.15. The van der Waals surface area contributed by atoms with Crippen LogP contribution in [0.2, 0.25) is 0 Å². The van der Waals surface area contributed by atoms with E-state index < -0.39 is 17.3 Å². The molecule has 0 bridgehead atoms. The van der Waals surface area contributed by atoms with Crippen LogP contribution in [0.4, 0.5) is 0 Å². The molecule has 6 heteroatoms. The lowest BCUT2D eigenvalue weighted by Crippen LogP contribution is -2.22. The van der Waals surface area contributed by atoms with Crippen molar-refractivity contribution in [2.75, 3.05) is 7.11 Å². The first-order valence-electron chi connectivity index (χ1n) is 8.66. The predicted molar refractivity (Wildman–Crippen MR) is 99.9 cm³/mol. The molecule has 0 fully saturated rings. The number of allylic oxidation sites excluding steroid dienone is 1. The van der Waals surface area contributed by atoms with E-state index in [9.17, 15) is 24.9 Å². The van der Waals surface area contributed by atoms with Gasteiger partial charge in [-0.15, -0.1) is 0 Å². The molecule has 27 heavy (non-hydrogen) atoms. The minimum atomic E-state index is -0.600. The van der Waals surface area contributed by atoms with Crippen LogP contribution in [0.3, 0.4) is 0 Å². The van der Waals surface area contributed by atoms with Gasteiger partial charge in [0.1, 0.15) is 23.0 Å². The summed E-state index contributed by atoms with van der Waals surface area (Å²) in [6, 6.07) is 3.58. The Bertz CT molecular complexity index is 971. The van der Waals surface area contributed by atoms with Crippen LogP contribution in [0.15, 0.2) is 24.3 Å². The number of phenolic OH excluding ortho intramolecular Hbond substituents is 3. The predicted octanol–water partition coefficient (Wildman–Crippen LogP) is 3.79. The van der Waals surface area contributed by atoms with E-state index in [-0.39, 0.29) is 45.1 Å². The van der Waals surface area contributed by atoms with Crippen LogP contribution < -0.4 is 4.74 Å². The molecule has 3 rings (SSSR count). The molecule has 0 spiro atoms. The quantitative estimate of drug-likeness (QED) is 0.592. The second-order valence-electron chi connectivity index (χ2n) is 6.35. The second-order valence-corrected chi connectivity index (χ2v) is 6.35. The van der Waals surface area contributed by atoms with Gasteiger partial charge in [-0.3, -0.25) is 9.59 Å². The Hall–Kier alpha value is -3.28. The standard InChI is InChI=1S/C21H20O6/c1-3-4-5-6-7-12-15(23)10-14-18(20(12)25)21(26)17-13(19(14)24)8-11(22)9-16(17)27-2/h6-10,22-23,25H,3-5H2,1-2H3. The number of ether oxygens (including phenoxy) is 1. The van der Waals surface area contributed by atoms with Crippen molar-refractivity contribution in [1.82, 2.24) is 0 Å². The van der Waals surface area contributed by atoms with Gasteiger partial charge in [0, 0.05) is 17.2 Å². The molecule has 140 valence electrons. The summed E-state index contributed by atoms with van der Waals surface area (Å²) in [6.07, 6.45) is 6.06. The van der Waals surface area contributed by atoms with Crippen LogP contribution in [0.25, 0.3) is 6.08 Å². The van der Waals surface area contributed by atoms with Gasteiger partial charge in [-0.05, 0) is 18.6 Å². The molecule has 0 amide bonds. The van der Waals surface area contributed by atoms with E-state index in [4.69, 9.17) is 4.74 Å². The number of unbranched alkanes of at least 4 members (excludes halogenated alkanes) is 2. The van der Waals surface area contributed by atoms with Crippen LogP contribution >= 0.6 is 0 Å². The van der Waals surface area contributed by atoms with E-state index in [1.54, 1.807) is 12.2 Å². The lowest BCUT2D eigenvalue weighted by molar-refractivity contribution is 0.0973. The lowest BCUT2D eigenvalue weighted by Gasteiger charge is -2.22. The first kappa shape index (κ1) is 18.5. The SMILES string of the molecule is CCCCC=Cc1c(O)cc2c(c1O)C(=O)c1c(OC)cc(O)cc1C2=O. The smallest absolute Gasteiger partial charge is 0.202 e. The highest BCUT2D eigenvalue weighted by Gasteiger charge is 2.36. The summed E-state index contributed by atoms with van der Waals surface area (Å²) in [5.74, 6) is -2.11. The largest absolute Gasteiger partial charge is 0.508 e. The zero-order valence-electron chi connectivity index (χ0n) is 15.1. The van der Waals surface area contributed by atoms with Crippen molar-refractivity contribution >= 4 is 17.6 Å². The number of ketones is 2. The number of phenols is 3.